The smallest absolute Gasteiger partial charge is 0.477 e. The zero-order valence-electron chi connectivity index (χ0n) is 21.0. The fraction of sp³-hybridized carbons (Fsp3) is 0.708. The van der Waals surface area contributed by atoms with Gasteiger partial charge in [-0.2, -0.15) is 0 Å². The van der Waals surface area contributed by atoms with Crippen molar-refractivity contribution in [2.75, 3.05) is 19.8 Å². The molecule has 0 radical (unpaired) electrons. The number of β-lactam (4-membered cyclic amide) rings is 1. The number of amides is 1. The minimum atomic E-state index is -1.93. The summed E-state index contributed by atoms with van der Waals surface area (Å²) in [7, 11) is -1.93. The van der Waals surface area contributed by atoms with E-state index >= 15 is 0 Å². The minimum absolute atomic E-state index is 0.00104. The van der Waals surface area contributed by atoms with E-state index in [0.29, 0.717) is 31.6 Å². The van der Waals surface area contributed by atoms with Gasteiger partial charge in [0.15, 0.2) is 8.32 Å². The molecule has 3 rings (SSSR count). The van der Waals surface area contributed by atoms with Crippen LogP contribution in [0.4, 0.5) is 4.79 Å². The molecule has 2 saturated heterocycles. The van der Waals surface area contributed by atoms with Crippen LogP contribution in [-0.2, 0) is 28.2 Å². The summed E-state index contributed by atoms with van der Waals surface area (Å²) in [6, 6.07) is -0.514. The second-order valence-electron chi connectivity index (χ2n) is 10.7. The van der Waals surface area contributed by atoms with E-state index in [0.717, 1.165) is 0 Å². The van der Waals surface area contributed by atoms with Crippen molar-refractivity contribution in [2.45, 2.75) is 76.9 Å². The fourth-order valence-electron chi connectivity index (χ4n) is 4.74. The highest BCUT2D eigenvalue weighted by molar-refractivity contribution is 6.74. The summed E-state index contributed by atoms with van der Waals surface area (Å²) in [5.74, 6) is -2.28. The van der Waals surface area contributed by atoms with Crippen molar-refractivity contribution in [2.24, 2.45) is 11.8 Å². The molecule has 2 fully saturated rings. The molecular formula is C24H37NO8Si. The first-order valence-electron chi connectivity index (χ1n) is 11.8. The normalized spacial score (nSPS) is 27.5. The van der Waals surface area contributed by atoms with Crippen LogP contribution in [0.5, 0.6) is 0 Å². The molecule has 9 nitrogen and oxygen atoms in total. The molecule has 190 valence electrons. The first-order chi connectivity index (χ1) is 15.8. The van der Waals surface area contributed by atoms with Gasteiger partial charge in [-0.25, -0.2) is 9.59 Å². The number of hydrogen-bond donors (Lipinski definition) is 1. The molecule has 1 amide bonds. The van der Waals surface area contributed by atoms with Crippen LogP contribution in [0.25, 0.3) is 0 Å². The van der Waals surface area contributed by atoms with Crippen molar-refractivity contribution < 1.29 is 38.1 Å². The Morgan fingerprint density at radius 2 is 2.03 bits per heavy atom. The van der Waals surface area contributed by atoms with Crippen LogP contribution in [0, 0.1) is 11.8 Å². The lowest BCUT2D eigenvalue weighted by molar-refractivity contribution is -0.169. The van der Waals surface area contributed by atoms with E-state index in [2.05, 4.69) is 40.4 Å². The number of nitrogens with zero attached hydrogens (tertiary/aromatic N) is 1. The van der Waals surface area contributed by atoms with Crippen LogP contribution < -0.4 is 0 Å². The monoisotopic (exact) mass is 495 g/mol. The predicted octanol–water partition coefficient (Wildman–Crippen LogP) is 3.71. The Morgan fingerprint density at radius 1 is 1.35 bits per heavy atom. The number of carboxylic acids is 1. The maximum Gasteiger partial charge on any atom is 0.508 e. The molecule has 0 saturated carbocycles. The summed E-state index contributed by atoms with van der Waals surface area (Å²) < 4.78 is 22.5. The molecule has 3 aliphatic heterocycles. The largest absolute Gasteiger partial charge is 0.508 e. The van der Waals surface area contributed by atoms with Gasteiger partial charge in [0.2, 0.25) is 5.91 Å². The molecule has 0 spiro atoms. The van der Waals surface area contributed by atoms with Gasteiger partial charge in [-0.1, -0.05) is 33.4 Å². The van der Waals surface area contributed by atoms with E-state index in [1.165, 1.54) is 11.0 Å². The third-order valence-electron chi connectivity index (χ3n) is 7.57. The van der Waals surface area contributed by atoms with Crippen molar-refractivity contribution in [3.8, 4) is 0 Å². The average Bonchev–Trinajstić information content (AvgIpc) is 3.03. The number of rotatable bonds is 9. The highest BCUT2D eigenvalue weighted by Crippen LogP contribution is 2.50. The summed E-state index contributed by atoms with van der Waals surface area (Å²) in [5, 5.41) is 10.1. The molecule has 0 aliphatic carbocycles. The number of carbonyl (C=O) groups is 3. The number of carboxylic acid groups (broad SMARTS) is 1. The number of aliphatic carboxylic acids is 1. The van der Waals surface area contributed by atoms with Crippen LogP contribution in [-0.4, -0.2) is 74.4 Å². The number of ether oxygens (including phenoxy) is 3. The van der Waals surface area contributed by atoms with Crippen LogP contribution in [0.1, 0.15) is 40.5 Å². The molecule has 34 heavy (non-hydrogen) atoms. The molecule has 0 aromatic carbocycles. The predicted molar refractivity (Wildman–Crippen MR) is 126 cm³/mol. The summed E-state index contributed by atoms with van der Waals surface area (Å²) >= 11 is 0. The Balaban J connectivity index is 1.76. The van der Waals surface area contributed by atoms with Gasteiger partial charge >= 0.3 is 12.1 Å². The standard InChI is InChI=1S/C24H37NO8Si/c1-8-11-31-23(29)33-14(2)16-18-20-17(19(22(27)28)25(18)21(16)26)15(9-12-30-20)10-13-32-34(6,7)24(3,4)5/h8,14-16,18,20H,1,9-13H2,2-7H3,(H,27,28)/t14-,15-,16-,18+,20+/m1/s1. The highest BCUT2D eigenvalue weighted by Gasteiger charge is 2.64. The molecular weight excluding hydrogens is 458 g/mol. The first-order valence-corrected chi connectivity index (χ1v) is 14.7. The summed E-state index contributed by atoms with van der Waals surface area (Å²) in [6.07, 6.45) is 0.537. The van der Waals surface area contributed by atoms with E-state index < -0.39 is 44.6 Å². The second kappa shape index (κ2) is 9.83. The van der Waals surface area contributed by atoms with Gasteiger partial charge in [0.05, 0.1) is 12.0 Å². The van der Waals surface area contributed by atoms with E-state index in [1.807, 2.05) is 0 Å². The van der Waals surface area contributed by atoms with Crippen molar-refractivity contribution in [3.63, 3.8) is 0 Å². The Kier molecular flexibility index (Phi) is 7.64. The SMILES string of the molecule is C=CCOC(=O)O[C@H](C)[C@H]1C(=O)N2C(C(=O)O)=C3[C@@H](CCO[Si](C)(C)C(C)(C)C)CCO[C@@H]3[C@H]12. The zero-order chi connectivity index (χ0) is 25.4. The van der Waals surface area contributed by atoms with Gasteiger partial charge in [-0.15, -0.1) is 0 Å². The minimum Gasteiger partial charge on any atom is -0.477 e. The first kappa shape index (κ1) is 26.4. The molecule has 0 aromatic rings. The lowest BCUT2D eigenvalue weighted by atomic mass is 9.78. The maximum atomic E-state index is 13.0. The molecule has 0 unspecified atom stereocenters. The van der Waals surface area contributed by atoms with Gasteiger partial charge in [-0.3, -0.25) is 9.69 Å². The Morgan fingerprint density at radius 3 is 2.62 bits per heavy atom. The number of fused-ring (bicyclic) bond motifs is 3. The van der Waals surface area contributed by atoms with Gasteiger partial charge in [0.25, 0.3) is 0 Å². The van der Waals surface area contributed by atoms with Crippen molar-refractivity contribution in [1.82, 2.24) is 4.90 Å². The van der Waals surface area contributed by atoms with Crippen LogP contribution in [0.3, 0.4) is 0 Å². The fourth-order valence-corrected chi connectivity index (χ4v) is 5.80. The molecule has 3 heterocycles. The average molecular weight is 496 g/mol. The Bertz CT molecular complexity index is 877. The topological polar surface area (TPSA) is 112 Å². The molecule has 5 atom stereocenters. The van der Waals surface area contributed by atoms with E-state index in [1.54, 1.807) is 6.92 Å². The summed E-state index contributed by atoms with van der Waals surface area (Å²) in [4.78, 5) is 38.4. The van der Waals surface area contributed by atoms with Crippen LogP contribution >= 0.6 is 0 Å². The zero-order valence-corrected chi connectivity index (χ0v) is 22.0. The van der Waals surface area contributed by atoms with Gasteiger partial charge < -0.3 is 23.7 Å². The van der Waals surface area contributed by atoms with Gasteiger partial charge in [0.1, 0.15) is 24.5 Å². The van der Waals surface area contributed by atoms with Crippen LogP contribution in [0.15, 0.2) is 23.9 Å². The van der Waals surface area contributed by atoms with Gasteiger partial charge in [0, 0.05) is 13.2 Å². The van der Waals surface area contributed by atoms with E-state index in [4.69, 9.17) is 18.6 Å². The molecule has 0 aromatic heterocycles. The number of hydrogen-bond acceptors (Lipinski definition) is 7. The third-order valence-corrected chi connectivity index (χ3v) is 12.1. The second-order valence-corrected chi connectivity index (χ2v) is 15.5. The molecule has 0 bridgehead atoms. The Hall–Kier alpha value is -2.17. The maximum absolute atomic E-state index is 13.0. The molecule has 3 aliphatic rings. The Labute approximate surface area is 202 Å². The summed E-state index contributed by atoms with van der Waals surface area (Å²) in [6.45, 7) is 17.0. The van der Waals surface area contributed by atoms with Crippen molar-refractivity contribution >= 4 is 26.3 Å². The summed E-state index contributed by atoms with van der Waals surface area (Å²) in [5.41, 5.74) is 0.662. The lowest BCUT2D eigenvalue weighted by Gasteiger charge is -2.47. The molecule has 1 N–H and O–H groups in total. The van der Waals surface area contributed by atoms with Crippen molar-refractivity contribution in [3.05, 3.63) is 23.9 Å². The lowest BCUT2D eigenvalue weighted by Crippen LogP contribution is -2.66. The van der Waals surface area contributed by atoms with Crippen LogP contribution in [0.2, 0.25) is 18.1 Å². The van der Waals surface area contributed by atoms with E-state index in [-0.39, 0.29) is 29.2 Å². The van der Waals surface area contributed by atoms with Gasteiger partial charge in [-0.05, 0) is 49.4 Å². The highest BCUT2D eigenvalue weighted by atomic mass is 28.4. The quantitative estimate of drug-likeness (QED) is 0.223. The van der Waals surface area contributed by atoms with E-state index in [9.17, 15) is 19.5 Å². The van der Waals surface area contributed by atoms with Crippen molar-refractivity contribution in [1.29, 1.82) is 0 Å². The number of carbonyl (C=O) groups excluding carboxylic acids is 2. The molecule has 10 heteroatoms. The third kappa shape index (κ3) is 4.80.